The van der Waals surface area contributed by atoms with Crippen LogP contribution in [0.2, 0.25) is 0 Å². The zero-order chi connectivity index (χ0) is 13.8. The molecule has 0 fully saturated rings. The van der Waals surface area contributed by atoms with E-state index in [9.17, 15) is 9.18 Å². The first-order chi connectivity index (χ1) is 9.10. The van der Waals surface area contributed by atoms with Gasteiger partial charge in [-0.3, -0.25) is 4.79 Å². The molecule has 1 amide bonds. The average Bonchev–Trinajstić information content (AvgIpc) is 2.43. The number of carbonyl (C=O) groups excluding carboxylic acids is 1. The van der Waals surface area contributed by atoms with Gasteiger partial charge in [0.15, 0.2) is 0 Å². The van der Waals surface area contributed by atoms with E-state index in [1.54, 1.807) is 12.1 Å². The van der Waals surface area contributed by atoms with E-state index in [0.717, 1.165) is 12.0 Å². The molecule has 0 aliphatic heterocycles. The van der Waals surface area contributed by atoms with Crippen molar-refractivity contribution in [3.8, 4) is 0 Å². The lowest BCUT2D eigenvalue weighted by molar-refractivity contribution is 0.102. The van der Waals surface area contributed by atoms with Gasteiger partial charge in [0.1, 0.15) is 5.82 Å². The molecule has 0 atom stereocenters. The van der Waals surface area contributed by atoms with E-state index in [1.807, 2.05) is 19.1 Å². The molecule has 0 aliphatic rings. The van der Waals surface area contributed by atoms with Crippen LogP contribution in [0.1, 0.15) is 22.8 Å². The molecular weight excluding hydrogens is 243 g/mol. The van der Waals surface area contributed by atoms with Crippen LogP contribution in [0.3, 0.4) is 0 Å². The number of aryl methyl sites for hydroxylation is 1. The highest BCUT2D eigenvalue weighted by Crippen LogP contribution is 2.18. The monoisotopic (exact) mass is 258 g/mol. The maximum Gasteiger partial charge on any atom is 0.255 e. The highest BCUT2D eigenvalue weighted by Gasteiger charge is 2.09. The topological polar surface area (TPSA) is 55.1 Å². The van der Waals surface area contributed by atoms with Crippen LogP contribution in [0, 0.1) is 5.82 Å². The lowest BCUT2D eigenvalue weighted by Crippen LogP contribution is -2.13. The van der Waals surface area contributed by atoms with E-state index in [4.69, 9.17) is 5.73 Å². The van der Waals surface area contributed by atoms with Gasteiger partial charge in [0.05, 0.1) is 5.69 Å². The van der Waals surface area contributed by atoms with E-state index in [1.165, 1.54) is 18.2 Å². The fraction of sp³-hybridized carbons (Fsp3) is 0.133. The predicted molar refractivity (Wildman–Crippen MR) is 74.6 cm³/mol. The van der Waals surface area contributed by atoms with Crippen molar-refractivity contribution in [2.75, 3.05) is 11.1 Å². The highest BCUT2D eigenvalue weighted by molar-refractivity contribution is 6.04. The number of benzene rings is 2. The third-order valence-corrected chi connectivity index (χ3v) is 2.86. The average molecular weight is 258 g/mol. The summed E-state index contributed by atoms with van der Waals surface area (Å²) >= 11 is 0. The van der Waals surface area contributed by atoms with Gasteiger partial charge in [-0.2, -0.15) is 0 Å². The van der Waals surface area contributed by atoms with Crippen LogP contribution in [0.5, 0.6) is 0 Å². The predicted octanol–water partition coefficient (Wildman–Crippen LogP) is 3.22. The molecule has 2 aromatic carbocycles. The van der Waals surface area contributed by atoms with E-state index in [2.05, 4.69) is 5.32 Å². The van der Waals surface area contributed by atoms with Crippen molar-refractivity contribution in [2.24, 2.45) is 0 Å². The zero-order valence-electron chi connectivity index (χ0n) is 10.6. The molecule has 0 bridgehead atoms. The Balaban J connectivity index is 2.18. The van der Waals surface area contributed by atoms with Gasteiger partial charge in [-0.1, -0.05) is 19.1 Å². The van der Waals surface area contributed by atoms with Crippen molar-refractivity contribution in [3.63, 3.8) is 0 Å². The molecule has 0 heterocycles. The summed E-state index contributed by atoms with van der Waals surface area (Å²) in [4.78, 5) is 12.0. The second-order valence-electron chi connectivity index (χ2n) is 4.24. The normalized spacial score (nSPS) is 10.2. The number of carbonyl (C=O) groups is 1. The van der Waals surface area contributed by atoms with E-state index in [0.29, 0.717) is 11.3 Å². The minimum atomic E-state index is -0.507. The summed E-state index contributed by atoms with van der Waals surface area (Å²) in [6, 6.07) is 11.3. The number of hydrogen-bond donors (Lipinski definition) is 2. The van der Waals surface area contributed by atoms with Crippen LogP contribution >= 0.6 is 0 Å². The largest absolute Gasteiger partial charge is 0.399 e. The smallest absolute Gasteiger partial charge is 0.255 e. The minimum Gasteiger partial charge on any atom is -0.399 e. The molecule has 3 N–H and O–H groups in total. The van der Waals surface area contributed by atoms with Crippen molar-refractivity contribution in [3.05, 3.63) is 59.4 Å². The number of halogens is 1. The molecule has 0 spiro atoms. The Morgan fingerprint density at radius 1 is 1.21 bits per heavy atom. The fourth-order valence-corrected chi connectivity index (χ4v) is 1.72. The van der Waals surface area contributed by atoms with E-state index < -0.39 is 5.82 Å². The number of nitrogen functional groups attached to an aromatic ring is 1. The first-order valence-corrected chi connectivity index (χ1v) is 6.05. The Hall–Kier alpha value is -2.36. The van der Waals surface area contributed by atoms with Gasteiger partial charge < -0.3 is 11.1 Å². The molecule has 0 unspecified atom stereocenters. The summed E-state index contributed by atoms with van der Waals surface area (Å²) in [7, 11) is 0. The lowest BCUT2D eigenvalue weighted by atomic mass is 10.1. The molecule has 0 saturated heterocycles. The van der Waals surface area contributed by atoms with Crippen LogP contribution in [-0.2, 0) is 6.42 Å². The Kier molecular flexibility index (Phi) is 3.80. The third kappa shape index (κ3) is 3.10. The SMILES string of the molecule is CCc1ccc(C(=O)Nc2cc(N)ccc2F)cc1. The van der Waals surface area contributed by atoms with Crippen LogP contribution in [0.25, 0.3) is 0 Å². The van der Waals surface area contributed by atoms with E-state index >= 15 is 0 Å². The summed E-state index contributed by atoms with van der Waals surface area (Å²) < 4.78 is 13.5. The van der Waals surface area contributed by atoms with Gasteiger partial charge in [-0.05, 0) is 42.3 Å². The van der Waals surface area contributed by atoms with Gasteiger partial charge in [0.25, 0.3) is 5.91 Å². The quantitative estimate of drug-likeness (QED) is 0.830. The first-order valence-electron chi connectivity index (χ1n) is 6.05. The Morgan fingerprint density at radius 3 is 2.53 bits per heavy atom. The summed E-state index contributed by atoms with van der Waals surface area (Å²) in [5, 5.41) is 2.51. The van der Waals surface area contributed by atoms with Crippen molar-refractivity contribution in [1.82, 2.24) is 0 Å². The molecule has 2 rings (SSSR count). The highest BCUT2D eigenvalue weighted by atomic mass is 19.1. The molecule has 0 radical (unpaired) electrons. The Bertz CT molecular complexity index is 594. The van der Waals surface area contributed by atoms with Gasteiger partial charge in [-0.25, -0.2) is 4.39 Å². The van der Waals surface area contributed by atoms with Crippen LogP contribution < -0.4 is 11.1 Å². The summed E-state index contributed by atoms with van der Waals surface area (Å²) in [5.41, 5.74) is 7.68. The number of nitrogens with two attached hydrogens (primary N) is 1. The number of amides is 1. The lowest BCUT2D eigenvalue weighted by Gasteiger charge is -2.07. The van der Waals surface area contributed by atoms with Gasteiger partial charge in [0.2, 0.25) is 0 Å². The Labute approximate surface area is 111 Å². The van der Waals surface area contributed by atoms with Gasteiger partial charge in [-0.15, -0.1) is 0 Å². The molecule has 98 valence electrons. The number of hydrogen-bond acceptors (Lipinski definition) is 2. The number of nitrogens with one attached hydrogen (secondary N) is 1. The van der Waals surface area contributed by atoms with Crippen LogP contribution in [-0.4, -0.2) is 5.91 Å². The summed E-state index contributed by atoms with van der Waals surface area (Å²) in [6.07, 6.45) is 0.908. The third-order valence-electron chi connectivity index (χ3n) is 2.86. The summed E-state index contributed by atoms with van der Waals surface area (Å²) in [5.74, 6) is -0.861. The van der Waals surface area contributed by atoms with Crippen molar-refractivity contribution in [2.45, 2.75) is 13.3 Å². The zero-order valence-corrected chi connectivity index (χ0v) is 10.6. The van der Waals surface area contributed by atoms with Crippen LogP contribution in [0.4, 0.5) is 15.8 Å². The van der Waals surface area contributed by atoms with Crippen LogP contribution in [0.15, 0.2) is 42.5 Å². The van der Waals surface area contributed by atoms with Gasteiger partial charge >= 0.3 is 0 Å². The standard InChI is InChI=1S/C15H15FN2O/c1-2-10-3-5-11(6-4-10)15(19)18-14-9-12(17)7-8-13(14)16/h3-9H,2,17H2,1H3,(H,18,19). The maximum absolute atomic E-state index is 13.5. The summed E-state index contributed by atoms with van der Waals surface area (Å²) in [6.45, 7) is 2.04. The second-order valence-corrected chi connectivity index (χ2v) is 4.24. The number of rotatable bonds is 3. The van der Waals surface area contributed by atoms with Crippen molar-refractivity contribution >= 4 is 17.3 Å². The van der Waals surface area contributed by atoms with E-state index in [-0.39, 0.29) is 11.6 Å². The molecule has 4 heteroatoms. The minimum absolute atomic E-state index is 0.0876. The maximum atomic E-state index is 13.5. The second kappa shape index (κ2) is 5.52. The molecule has 2 aromatic rings. The molecule has 19 heavy (non-hydrogen) atoms. The molecule has 0 saturated carbocycles. The first kappa shape index (κ1) is 13.1. The molecule has 0 aromatic heterocycles. The van der Waals surface area contributed by atoms with Crippen molar-refractivity contribution < 1.29 is 9.18 Å². The Morgan fingerprint density at radius 2 is 1.89 bits per heavy atom. The molecular formula is C15H15FN2O. The fourth-order valence-electron chi connectivity index (χ4n) is 1.72. The molecule has 0 aliphatic carbocycles. The van der Waals surface area contributed by atoms with Gasteiger partial charge in [0, 0.05) is 11.3 Å². The molecule has 3 nitrogen and oxygen atoms in total. The van der Waals surface area contributed by atoms with Crippen molar-refractivity contribution in [1.29, 1.82) is 0 Å². The number of anilines is 2.